The Hall–Kier alpha value is -1.80. The minimum absolute atomic E-state index is 0.225. The van der Waals surface area contributed by atoms with Crippen molar-refractivity contribution in [2.45, 2.75) is 43.9 Å². The maximum Gasteiger partial charge on any atom is 0.187 e. The van der Waals surface area contributed by atoms with Crippen LogP contribution in [-0.4, -0.2) is 52.6 Å². The van der Waals surface area contributed by atoms with Gasteiger partial charge in [0.25, 0.3) is 0 Å². The molecular weight excluding hydrogens is 336 g/mol. The number of aliphatic hydroxyl groups is 3. The topological polar surface area (TPSA) is 88.4 Å². The lowest BCUT2D eigenvalue weighted by Gasteiger charge is -2.41. The van der Waals surface area contributed by atoms with E-state index in [1.54, 1.807) is 0 Å². The third kappa shape index (κ3) is 4.67. The van der Waals surface area contributed by atoms with Crippen molar-refractivity contribution in [3.05, 3.63) is 71.8 Å². The first-order valence-corrected chi connectivity index (χ1v) is 8.62. The Bertz CT molecular complexity index is 648. The van der Waals surface area contributed by atoms with Crippen molar-refractivity contribution >= 4 is 0 Å². The summed E-state index contributed by atoms with van der Waals surface area (Å²) in [7, 11) is 0. The van der Waals surface area contributed by atoms with Gasteiger partial charge in [-0.05, 0) is 11.1 Å². The summed E-state index contributed by atoms with van der Waals surface area (Å²) in [4.78, 5) is 0. The zero-order chi connectivity index (χ0) is 18.4. The molecule has 5 atom stereocenters. The number of hydrogen-bond donors (Lipinski definition) is 3. The van der Waals surface area contributed by atoms with Crippen LogP contribution < -0.4 is 0 Å². The zero-order valence-corrected chi connectivity index (χ0v) is 14.3. The number of benzene rings is 2. The maximum atomic E-state index is 10.4. The molecule has 1 aliphatic rings. The third-order valence-electron chi connectivity index (χ3n) is 4.36. The molecule has 1 aliphatic heterocycles. The molecule has 2 aromatic rings. The first kappa shape index (κ1) is 19.0. The van der Waals surface area contributed by atoms with Gasteiger partial charge < -0.3 is 29.5 Å². The zero-order valence-electron chi connectivity index (χ0n) is 14.3. The van der Waals surface area contributed by atoms with Crippen LogP contribution in [0.15, 0.2) is 60.7 Å². The van der Waals surface area contributed by atoms with Crippen molar-refractivity contribution < 1.29 is 29.5 Å². The van der Waals surface area contributed by atoms with Crippen LogP contribution >= 0.6 is 0 Å². The van der Waals surface area contributed by atoms with Crippen LogP contribution in [0, 0.1) is 0 Å². The summed E-state index contributed by atoms with van der Waals surface area (Å²) in [5.41, 5.74) is 1.84. The van der Waals surface area contributed by atoms with Crippen LogP contribution in [0.4, 0.5) is 0 Å². The summed E-state index contributed by atoms with van der Waals surface area (Å²) in [5.74, 6) is 0. The second kappa shape index (κ2) is 9.23. The van der Waals surface area contributed by atoms with E-state index < -0.39 is 30.7 Å². The lowest BCUT2D eigenvalue weighted by molar-refractivity contribution is -0.311. The smallest absolute Gasteiger partial charge is 0.187 e. The van der Waals surface area contributed by atoms with E-state index in [2.05, 4.69) is 0 Å². The molecule has 6 heteroatoms. The maximum absolute atomic E-state index is 10.4. The third-order valence-corrected chi connectivity index (χ3v) is 4.36. The Balaban J connectivity index is 1.59. The molecule has 140 valence electrons. The van der Waals surface area contributed by atoms with Crippen LogP contribution in [0.5, 0.6) is 0 Å². The average molecular weight is 360 g/mol. The van der Waals surface area contributed by atoms with E-state index in [-0.39, 0.29) is 19.8 Å². The van der Waals surface area contributed by atoms with E-state index in [9.17, 15) is 15.3 Å². The largest absolute Gasteiger partial charge is 0.394 e. The summed E-state index contributed by atoms with van der Waals surface area (Å²) in [6.07, 6.45) is -5.20. The van der Waals surface area contributed by atoms with E-state index in [4.69, 9.17) is 14.2 Å². The Labute approximate surface area is 152 Å². The fourth-order valence-electron chi connectivity index (χ4n) is 2.92. The fourth-order valence-corrected chi connectivity index (χ4v) is 2.92. The molecular formula is C20H24O6. The minimum atomic E-state index is -1.28. The predicted molar refractivity (Wildman–Crippen MR) is 94.0 cm³/mol. The van der Waals surface area contributed by atoms with Crippen molar-refractivity contribution in [3.8, 4) is 0 Å². The van der Waals surface area contributed by atoms with Gasteiger partial charge in [0.1, 0.15) is 24.4 Å². The lowest BCUT2D eigenvalue weighted by Crippen LogP contribution is -2.60. The van der Waals surface area contributed by atoms with Gasteiger partial charge in [-0.15, -0.1) is 0 Å². The van der Waals surface area contributed by atoms with Crippen molar-refractivity contribution in [2.24, 2.45) is 0 Å². The summed E-state index contributed by atoms with van der Waals surface area (Å²) in [6.45, 7) is 0.113. The summed E-state index contributed by atoms with van der Waals surface area (Å²) >= 11 is 0. The normalized spacial score (nSPS) is 28.8. The highest BCUT2D eigenvalue weighted by molar-refractivity contribution is 5.14. The highest BCUT2D eigenvalue weighted by Crippen LogP contribution is 2.26. The van der Waals surface area contributed by atoms with Crippen LogP contribution in [-0.2, 0) is 27.4 Å². The molecule has 3 rings (SSSR count). The molecule has 1 heterocycles. The van der Waals surface area contributed by atoms with Crippen molar-refractivity contribution in [3.63, 3.8) is 0 Å². The predicted octanol–water partition coefficient (Wildman–Crippen LogP) is 1.23. The van der Waals surface area contributed by atoms with Gasteiger partial charge in [0, 0.05) is 0 Å². The quantitative estimate of drug-likeness (QED) is 0.688. The SMILES string of the molecule is OC[C@H]1O[C@@H](OCc2ccccc2)[C@H](O)[C@@H](O)[C@@H]1OCc1ccccc1. The van der Waals surface area contributed by atoms with E-state index in [1.807, 2.05) is 60.7 Å². The van der Waals surface area contributed by atoms with Crippen LogP contribution in [0.2, 0.25) is 0 Å². The Morgan fingerprint density at radius 3 is 1.85 bits per heavy atom. The van der Waals surface area contributed by atoms with Gasteiger partial charge in [-0.3, -0.25) is 0 Å². The molecule has 0 spiro atoms. The Kier molecular flexibility index (Phi) is 6.73. The van der Waals surface area contributed by atoms with Crippen LogP contribution in [0.3, 0.4) is 0 Å². The first-order valence-electron chi connectivity index (χ1n) is 8.62. The molecule has 6 nitrogen and oxygen atoms in total. The van der Waals surface area contributed by atoms with Crippen molar-refractivity contribution in [1.82, 2.24) is 0 Å². The minimum Gasteiger partial charge on any atom is -0.394 e. The number of ether oxygens (including phenoxy) is 3. The van der Waals surface area contributed by atoms with Gasteiger partial charge in [-0.2, -0.15) is 0 Å². The highest BCUT2D eigenvalue weighted by Gasteiger charge is 2.45. The molecule has 0 saturated carbocycles. The second-order valence-electron chi connectivity index (χ2n) is 6.26. The number of aliphatic hydroxyl groups excluding tert-OH is 3. The van der Waals surface area contributed by atoms with Gasteiger partial charge in [-0.25, -0.2) is 0 Å². The molecule has 0 amide bonds. The van der Waals surface area contributed by atoms with Gasteiger partial charge in [0.2, 0.25) is 0 Å². The molecule has 26 heavy (non-hydrogen) atoms. The Morgan fingerprint density at radius 1 is 0.769 bits per heavy atom. The Morgan fingerprint density at radius 2 is 1.31 bits per heavy atom. The molecule has 0 aliphatic carbocycles. The van der Waals surface area contributed by atoms with E-state index in [1.165, 1.54) is 0 Å². The van der Waals surface area contributed by atoms with Crippen LogP contribution in [0.1, 0.15) is 11.1 Å². The molecule has 0 radical (unpaired) electrons. The van der Waals surface area contributed by atoms with E-state index in [0.29, 0.717) is 0 Å². The molecule has 2 aromatic carbocycles. The molecule has 0 aromatic heterocycles. The molecule has 3 N–H and O–H groups in total. The lowest BCUT2D eigenvalue weighted by atomic mass is 9.99. The molecule has 0 bridgehead atoms. The standard InChI is InChI=1S/C20H24O6/c21-11-16-19(24-12-14-7-3-1-4-8-14)17(22)18(23)20(26-16)25-13-15-9-5-2-6-10-15/h1-10,16-23H,11-13H2/t16-,17-,18-,19-,20-/m1/s1. The van der Waals surface area contributed by atoms with Crippen LogP contribution in [0.25, 0.3) is 0 Å². The summed E-state index contributed by atoms with van der Waals surface area (Å²) in [6, 6.07) is 18.9. The number of rotatable bonds is 7. The van der Waals surface area contributed by atoms with E-state index >= 15 is 0 Å². The fraction of sp³-hybridized carbons (Fsp3) is 0.400. The van der Waals surface area contributed by atoms with Crippen molar-refractivity contribution in [2.75, 3.05) is 6.61 Å². The number of hydrogen-bond acceptors (Lipinski definition) is 6. The highest BCUT2D eigenvalue weighted by atomic mass is 16.7. The van der Waals surface area contributed by atoms with Gasteiger partial charge >= 0.3 is 0 Å². The van der Waals surface area contributed by atoms with E-state index in [0.717, 1.165) is 11.1 Å². The first-order chi connectivity index (χ1) is 12.7. The summed E-state index contributed by atoms with van der Waals surface area (Å²) < 4.78 is 16.9. The van der Waals surface area contributed by atoms with Gasteiger partial charge in [-0.1, -0.05) is 60.7 Å². The molecule has 1 saturated heterocycles. The molecule has 1 fully saturated rings. The monoisotopic (exact) mass is 360 g/mol. The second-order valence-corrected chi connectivity index (χ2v) is 6.26. The molecule has 0 unspecified atom stereocenters. The average Bonchev–Trinajstić information content (AvgIpc) is 2.69. The summed E-state index contributed by atoms with van der Waals surface area (Å²) in [5, 5.41) is 30.4. The van der Waals surface area contributed by atoms with Gasteiger partial charge in [0.05, 0.1) is 19.8 Å². The van der Waals surface area contributed by atoms with Crippen molar-refractivity contribution in [1.29, 1.82) is 0 Å². The van der Waals surface area contributed by atoms with Gasteiger partial charge in [0.15, 0.2) is 6.29 Å².